The number of hydrogen-bond donors (Lipinski definition) is 1. The molecule has 1 rings (SSSR count). The van der Waals surface area contributed by atoms with Gasteiger partial charge in [-0.25, -0.2) is 4.79 Å². The van der Waals surface area contributed by atoms with Gasteiger partial charge in [-0.05, 0) is 38.3 Å². The van der Waals surface area contributed by atoms with E-state index in [1.54, 1.807) is 6.92 Å². The van der Waals surface area contributed by atoms with Gasteiger partial charge in [0, 0.05) is 6.04 Å². The lowest BCUT2D eigenvalue weighted by molar-refractivity contribution is -0.151. The van der Waals surface area contributed by atoms with Gasteiger partial charge < -0.3 is 15.2 Å². The Morgan fingerprint density at radius 3 is 2.58 bits per heavy atom. The third-order valence-corrected chi connectivity index (χ3v) is 2.70. The number of nitrogens with two attached hydrogens (primary N) is 1. The first-order chi connectivity index (χ1) is 9.08. The van der Waals surface area contributed by atoms with Crippen molar-refractivity contribution in [3.63, 3.8) is 0 Å². The molecule has 1 aromatic carbocycles. The Morgan fingerprint density at radius 2 is 2.00 bits per heavy atom. The van der Waals surface area contributed by atoms with Crippen molar-refractivity contribution in [1.82, 2.24) is 0 Å². The van der Waals surface area contributed by atoms with Gasteiger partial charge in [-0.15, -0.1) is 0 Å². The Hall–Kier alpha value is -1.55. The highest BCUT2D eigenvalue weighted by molar-refractivity contribution is 5.75. The van der Waals surface area contributed by atoms with E-state index in [1.807, 2.05) is 38.1 Å². The molecule has 4 nitrogen and oxygen atoms in total. The number of hydrogen-bond acceptors (Lipinski definition) is 4. The van der Waals surface area contributed by atoms with Crippen LogP contribution in [0.3, 0.4) is 0 Å². The van der Waals surface area contributed by atoms with Gasteiger partial charge in [0.15, 0.2) is 6.10 Å². The van der Waals surface area contributed by atoms with E-state index in [-0.39, 0.29) is 12.0 Å². The average molecular weight is 265 g/mol. The van der Waals surface area contributed by atoms with Crippen molar-refractivity contribution in [3.8, 4) is 5.75 Å². The van der Waals surface area contributed by atoms with E-state index >= 15 is 0 Å². The zero-order valence-corrected chi connectivity index (χ0v) is 11.9. The van der Waals surface area contributed by atoms with Crippen LogP contribution >= 0.6 is 0 Å². The van der Waals surface area contributed by atoms with Gasteiger partial charge in [0.1, 0.15) is 5.75 Å². The molecule has 4 heteroatoms. The molecule has 106 valence electrons. The van der Waals surface area contributed by atoms with Crippen molar-refractivity contribution in [2.45, 2.75) is 45.8 Å². The van der Waals surface area contributed by atoms with Crippen LogP contribution in [0.1, 0.15) is 32.8 Å². The molecule has 19 heavy (non-hydrogen) atoms. The van der Waals surface area contributed by atoms with Crippen LogP contribution in [-0.4, -0.2) is 24.7 Å². The Labute approximate surface area is 114 Å². The molecule has 0 saturated carbocycles. The topological polar surface area (TPSA) is 61.5 Å². The Bertz CT molecular complexity index is 404. The molecule has 0 aromatic heterocycles. The van der Waals surface area contributed by atoms with Gasteiger partial charge >= 0.3 is 5.97 Å². The van der Waals surface area contributed by atoms with Gasteiger partial charge in [-0.1, -0.05) is 25.1 Å². The summed E-state index contributed by atoms with van der Waals surface area (Å²) >= 11 is 0. The highest BCUT2D eigenvalue weighted by atomic mass is 16.6. The summed E-state index contributed by atoms with van der Waals surface area (Å²) in [5, 5.41) is 0. The highest BCUT2D eigenvalue weighted by Gasteiger charge is 2.20. The fourth-order valence-electron chi connectivity index (χ4n) is 1.82. The predicted molar refractivity (Wildman–Crippen MR) is 75.1 cm³/mol. The molecule has 0 radical (unpaired) electrons. The molecule has 0 aliphatic heterocycles. The number of rotatable bonds is 7. The summed E-state index contributed by atoms with van der Waals surface area (Å²) in [4.78, 5) is 11.7. The standard InChI is InChI=1S/C15H23NO3/c1-4-13(15(17)18-5-2)19-14-9-7-6-8-12(14)10-11(3)16/h6-9,11,13H,4-5,10,16H2,1-3H3. The fraction of sp³-hybridized carbons (Fsp3) is 0.533. The maximum Gasteiger partial charge on any atom is 0.347 e. The van der Waals surface area contributed by atoms with Crippen molar-refractivity contribution >= 4 is 5.97 Å². The van der Waals surface area contributed by atoms with Crippen LogP contribution in [0, 0.1) is 0 Å². The first-order valence-electron chi connectivity index (χ1n) is 6.75. The molecule has 0 fully saturated rings. The van der Waals surface area contributed by atoms with Crippen LogP contribution in [0.25, 0.3) is 0 Å². The monoisotopic (exact) mass is 265 g/mol. The maximum atomic E-state index is 11.7. The van der Waals surface area contributed by atoms with Crippen molar-refractivity contribution in [1.29, 1.82) is 0 Å². The molecule has 0 aliphatic carbocycles. The number of ether oxygens (including phenoxy) is 2. The zero-order valence-electron chi connectivity index (χ0n) is 11.9. The second kappa shape index (κ2) is 7.79. The van der Waals surface area contributed by atoms with Crippen LogP contribution < -0.4 is 10.5 Å². The molecule has 0 bridgehead atoms. The fourth-order valence-corrected chi connectivity index (χ4v) is 1.82. The Kier molecular flexibility index (Phi) is 6.36. The van der Waals surface area contributed by atoms with E-state index < -0.39 is 6.10 Å². The van der Waals surface area contributed by atoms with Crippen LogP contribution in [0.15, 0.2) is 24.3 Å². The van der Waals surface area contributed by atoms with Crippen LogP contribution in [0.4, 0.5) is 0 Å². The maximum absolute atomic E-state index is 11.7. The largest absolute Gasteiger partial charge is 0.478 e. The smallest absolute Gasteiger partial charge is 0.347 e. The molecule has 0 aliphatic rings. The highest BCUT2D eigenvalue weighted by Crippen LogP contribution is 2.21. The Morgan fingerprint density at radius 1 is 1.32 bits per heavy atom. The summed E-state index contributed by atoms with van der Waals surface area (Å²) in [6, 6.07) is 7.71. The quantitative estimate of drug-likeness (QED) is 0.768. The summed E-state index contributed by atoms with van der Waals surface area (Å²) in [7, 11) is 0. The van der Waals surface area contributed by atoms with E-state index in [9.17, 15) is 4.79 Å². The second-order valence-electron chi connectivity index (χ2n) is 4.56. The molecule has 0 amide bonds. The van der Waals surface area contributed by atoms with Crippen LogP contribution in [0.2, 0.25) is 0 Å². The molecular formula is C15H23NO3. The predicted octanol–water partition coefficient (Wildman–Crippen LogP) is 2.30. The zero-order chi connectivity index (χ0) is 14.3. The molecule has 0 heterocycles. The lowest BCUT2D eigenvalue weighted by atomic mass is 10.1. The molecule has 0 saturated heterocycles. The number of esters is 1. The summed E-state index contributed by atoms with van der Waals surface area (Å²) < 4.78 is 10.8. The molecule has 2 N–H and O–H groups in total. The van der Waals surface area contributed by atoms with Crippen molar-refractivity contribution in [3.05, 3.63) is 29.8 Å². The van der Waals surface area contributed by atoms with E-state index in [0.29, 0.717) is 18.8 Å². The van der Waals surface area contributed by atoms with Crippen molar-refractivity contribution in [2.24, 2.45) is 5.73 Å². The van der Waals surface area contributed by atoms with Gasteiger partial charge in [0.2, 0.25) is 0 Å². The van der Waals surface area contributed by atoms with Crippen LogP contribution in [0.5, 0.6) is 5.75 Å². The van der Waals surface area contributed by atoms with Gasteiger partial charge in [0.05, 0.1) is 6.61 Å². The first kappa shape index (κ1) is 15.5. The second-order valence-corrected chi connectivity index (χ2v) is 4.56. The molecule has 2 atom stereocenters. The normalized spacial score (nSPS) is 13.7. The van der Waals surface area contributed by atoms with E-state index in [0.717, 1.165) is 12.0 Å². The SMILES string of the molecule is CCOC(=O)C(CC)Oc1ccccc1CC(C)N. The number of benzene rings is 1. The molecular weight excluding hydrogens is 242 g/mol. The van der Waals surface area contributed by atoms with Crippen molar-refractivity contribution in [2.75, 3.05) is 6.61 Å². The number of para-hydroxylation sites is 1. The minimum atomic E-state index is -0.561. The molecule has 1 aromatic rings. The summed E-state index contributed by atoms with van der Waals surface area (Å²) in [5.41, 5.74) is 6.83. The average Bonchev–Trinajstić information content (AvgIpc) is 2.37. The van der Waals surface area contributed by atoms with Gasteiger partial charge in [0.25, 0.3) is 0 Å². The first-order valence-corrected chi connectivity index (χ1v) is 6.75. The van der Waals surface area contributed by atoms with Gasteiger partial charge in [-0.2, -0.15) is 0 Å². The van der Waals surface area contributed by atoms with Gasteiger partial charge in [-0.3, -0.25) is 0 Å². The Balaban J connectivity index is 2.81. The van der Waals surface area contributed by atoms with E-state index in [2.05, 4.69) is 0 Å². The third kappa shape index (κ3) is 4.91. The molecule has 2 unspecified atom stereocenters. The minimum absolute atomic E-state index is 0.0485. The van der Waals surface area contributed by atoms with E-state index in [4.69, 9.17) is 15.2 Å². The van der Waals surface area contributed by atoms with Crippen molar-refractivity contribution < 1.29 is 14.3 Å². The number of carbonyl (C=O) groups excluding carboxylic acids is 1. The number of carbonyl (C=O) groups is 1. The van der Waals surface area contributed by atoms with E-state index in [1.165, 1.54) is 0 Å². The molecule has 0 spiro atoms. The summed E-state index contributed by atoms with van der Waals surface area (Å²) in [5.74, 6) is 0.389. The lowest BCUT2D eigenvalue weighted by Crippen LogP contribution is -2.29. The van der Waals surface area contributed by atoms with Crippen LogP contribution in [-0.2, 0) is 16.0 Å². The minimum Gasteiger partial charge on any atom is -0.478 e. The summed E-state index contributed by atoms with van der Waals surface area (Å²) in [6.07, 6.45) is 0.731. The summed E-state index contributed by atoms with van der Waals surface area (Å²) in [6.45, 7) is 5.99. The lowest BCUT2D eigenvalue weighted by Gasteiger charge is -2.19. The third-order valence-electron chi connectivity index (χ3n) is 2.70.